The summed E-state index contributed by atoms with van der Waals surface area (Å²) in [5, 5.41) is 2.82. The predicted octanol–water partition coefficient (Wildman–Crippen LogP) is 3.04. The molecule has 0 aliphatic heterocycles. The monoisotopic (exact) mass is 180 g/mol. The highest BCUT2D eigenvalue weighted by Crippen LogP contribution is 2.13. The summed E-state index contributed by atoms with van der Waals surface area (Å²) < 4.78 is 13.0. The van der Waals surface area contributed by atoms with Crippen LogP contribution in [0.4, 0.5) is 4.39 Å². The van der Waals surface area contributed by atoms with Crippen LogP contribution < -0.4 is 0 Å². The summed E-state index contributed by atoms with van der Waals surface area (Å²) in [6, 6.07) is 6.77. The van der Waals surface area contributed by atoms with Crippen molar-refractivity contribution < 1.29 is 4.39 Å². The van der Waals surface area contributed by atoms with Crippen molar-refractivity contribution >= 4 is 11.8 Å². The van der Waals surface area contributed by atoms with Gasteiger partial charge in [-0.25, -0.2) is 4.39 Å². The quantitative estimate of drug-likeness (QED) is 0.630. The van der Waals surface area contributed by atoms with E-state index in [9.17, 15) is 4.39 Å². The molecule has 1 aromatic carbocycles. The van der Waals surface area contributed by atoms with Gasteiger partial charge < -0.3 is 0 Å². The molecule has 0 fully saturated rings. The van der Waals surface area contributed by atoms with Crippen molar-refractivity contribution in [2.75, 3.05) is 0 Å². The van der Waals surface area contributed by atoms with E-state index in [0.717, 1.165) is 0 Å². The molecule has 0 amide bonds. The van der Waals surface area contributed by atoms with E-state index in [1.165, 1.54) is 17.8 Å². The van der Waals surface area contributed by atoms with Crippen molar-refractivity contribution in [1.82, 2.24) is 0 Å². The summed E-state index contributed by atoms with van der Waals surface area (Å²) >= 11 is 1.42. The molecule has 0 unspecified atom stereocenters. The first kappa shape index (κ1) is 9.15. The average Bonchev–Trinajstić information content (AvgIpc) is 2.09. The average molecular weight is 180 g/mol. The predicted molar refractivity (Wildman–Crippen MR) is 51.1 cm³/mol. The second-order valence-electron chi connectivity index (χ2n) is 2.23. The Morgan fingerprint density at radius 1 is 1.42 bits per heavy atom. The lowest BCUT2D eigenvalue weighted by atomic mass is 10.2. The van der Waals surface area contributed by atoms with Crippen LogP contribution in [0.15, 0.2) is 24.3 Å². The summed E-state index contributed by atoms with van der Waals surface area (Å²) in [6.07, 6.45) is 0. The Morgan fingerprint density at radius 3 is 2.83 bits per heavy atom. The molecule has 0 spiro atoms. The number of halogens is 1. The highest BCUT2D eigenvalue weighted by atomic mass is 32.2. The van der Waals surface area contributed by atoms with Gasteiger partial charge in [0.05, 0.1) is 0 Å². The molecule has 0 aromatic heterocycles. The van der Waals surface area contributed by atoms with Crippen molar-refractivity contribution in [2.24, 2.45) is 0 Å². The summed E-state index contributed by atoms with van der Waals surface area (Å²) in [4.78, 5) is 0. The normalized spacial score (nSPS) is 8.83. The van der Waals surface area contributed by atoms with Gasteiger partial charge in [0.1, 0.15) is 5.82 Å². The lowest BCUT2D eigenvalue weighted by molar-refractivity contribution is 0.617. The number of thioether (sulfide) groups is 1. The van der Waals surface area contributed by atoms with Crippen LogP contribution in [0.2, 0.25) is 0 Å². The molecule has 0 N–H and O–H groups in total. The Labute approximate surface area is 76.2 Å². The zero-order valence-electron chi connectivity index (χ0n) is 6.80. The summed E-state index contributed by atoms with van der Waals surface area (Å²) in [7, 11) is 0. The fraction of sp³-hybridized carbons (Fsp3) is 0.200. The van der Waals surface area contributed by atoms with Crippen molar-refractivity contribution in [1.29, 1.82) is 0 Å². The third-order valence-electron chi connectivity index (χ3n) is 1.36. The minimum atomic E-state index is -0.150. The number of benzene rings is 1. The largest absolute Gasteiger partial charge is 0.207 e. The van der Waals surface area contributed by atoms with E-state index in [1.807, 2.05) is 6.07 Å². The number of rotatable bonds is 2. The lowest BCUT2D eigenvalue weighted by Gasteiger charge is -1.97. The molecule has 0 saturated carbocycles. The smallest absolute Gasteiger partial charge is 0.127 e. The minimum absolute atomic E-state index is 0.150. The van der Waals surface area contributed by atoms with Gasteiger partial charge in [-0.05, 0) is 23.8 Å². The summed E-state index contributed by atoms with van der Waals surface area (Å²) in [5.74, 6) is 3.22. The number of hydrogen-bond acceptors (Lipinski definition) is 1. The third-order valence-corrected chi connectivity index (χ3v) is 2.16. The van der Waals surface area contributed by atoms with Gasteiger partial charge in [-0.1, -0.05) is 35.9 Å². The maximum absolute atomic E-state index is 13.0. The van der Waals surface area contributed by atoms with Crippen LogP contribution in [0.25, 0.3) is 0 Å². The second kappa shape index (κ2) is 4.84. The Bertz CT molecular complexity index is 309. The first-order chi connectivity index (χ1) is 5.84. The van der Waals surface area contributed by atoms with E-state index in [2.05, 4.69) is 11.2 Å². The molecule has 0 aliphatic rings. The minimum Gasteiger partial charge on any atom is -0.207 e. The van der Waals surface area contributed by atoms with E-state index in [0.29, 0.717) is 11.3 Å². The maximum Gasteiger partial charge on any atom is 0.127 e. The topological polar surface area (TPSA) is 0 Å². The van der Waals surface area contributed by atoms with Crippen molar-refractivity contribution in [3.05, 3.63) is 35.6 Å². The Hall–Kier alpha value is -0.940. The molecule has 0 heterocycles. The fourth-order valence-corrected chi connectivity index (χ4v) is 1.41. The van der Waals surface area contributed by atoms with Gasteiger partial charge in [-0.2, -0.15) is 0 Å². The summed E-state index contributed by atoms with van der Waals surface area (Å²) in [6.45, 7) is 1.77. The van der Waals surface area contributed by atoms with Gasteiger partial charge in [0, 0.05) is 5.75 Å². The van der Waals surface area contributed by atoms with Gasteiger partial charge in [-0.15, -0.1) is 0 Å². The molecule has 62 valence electrons. The van der Waals surface area contributed by atoms with Gasteiger partial charge in [0.15, 0.2) is 0 Å². The van der Waals surface area contributed by atoms with Gasteiger partial charge in [0.2, 0.25) is 0 Å². The third kappa shape index (κ3) is 2.60. The molecule has 12 heavy (non-hydrogen) atoms. The van der Waals surface area contributed by atoms with E-state index in [4.69, 9.17) is 0 Å². The van der Waals surface area contributed by atoms with Crippen LogP contribution in [-0.2, 0) is 5.75 Å². The Kier molecular flexibility index (Phi) is 3.69. The van der Waals surface area contributed by atoms with E-state index >= 15 is 0 Å². The van der Waals surface area contributed by atoms with Crippen LogP contribution in [0, 0.1) is 17.0 Å². The lowest BCUT2D eigenvalue weighted by Crippen LogP contribution is -1.84. The molecule has 1 aromatic rings. The molecule has 2 heteroatoms. The molecule has 0 bridgehead atoms. The molecular weight excluding hydrogens is 171 g/mol. The Balaban J connectivity index is 2.61. The second-order valence-corrected chi connectivity index (χ2v) is 3.01. The SMILES string of the molecule is CC#CSCc1ccccc1F. The molecule has 0 radical (unpaired) electrons. The van der Waals surface area contributed by atoms with Crippen LogP contribution in [-0.4, -0.2) is 0 Å². The molecule has 0 nitrogen and oxygen atoms in total. The summed E-state index contributed by atoms with van der Waals surface area (Å²) in [5.41, 5.74) is 0.713. The van der Waals surface area contributed by atoms with Gasteiger partial charge in [0.25, 0.3) is 0 Å². The Morgan fingerprint density at radius 2 is 2.17 bits per heavy atom. The highest BCUT2D eigenvalue weighted by Gasteiger charge is 1.97. The fourth-order valence-electron chi connectivity index (χ4n) is 0.801. The van der Waals surface area contributed by atoms with Crippen LogP contribution in [0.1, 0.15) is 12.5 Å². The molecule has 0 aliphatic carbocycles. The van der Waals surface area contributed by atoms with E-state index < -0.39 is 0 Å². The number of hydrogen-bond donors (Lipinski definition) is 0. The first-order valence-electron chi connectivity index (χ1n) is 3.61. The van der Waals surface area contributed by atoms with Gasteiger partial charge in [-0.3, -0.25) is 0 Å². The van der Waals surface area contributed by atoms with Crippen molar-refractivity contribution in [3.8, 4) is 11.2 Å². The van der Waals surface area contributed by atoms with Crippen molar-refractivity contribution in [2.45, 2.75) is 12.7 Å². The first-order valence-corrected chi connectivity index (χ1v) is 4.60. The maximum atomic E-state index is 13.0. The van der Waals surface area contributed by atoms with Crippen molar-refractivity contribution in [3.63, 3.8) is 0 Å². The highest BCUT2D eigenvalue weighted by molar-refractivity contribution is 8.03. The van der Waals surface area contributed by atoms with Gasteiger partial charge >= 0.3 is 0 Å². The zero-order chi connectivity index (χ0) is 8.81. The van der Waals surface area contributed by atoms with E-state index in [1.54, 1.807) is 19.1 Å². The molecule has 0 atom stereocenters. The van der Waals surface area contributed by atoms with Crippen LogP contribution in [0.5, 0.6) is 0 Å². The molecular formula is C10H9FS. The van der Waals surface area contributed by atoms with Crippen LogP contribution in [0.3, 0.4) is 0 Å². The van der Waals surface area contributed by atoms with E-state index in [-0.39, 0.29) is 5.82 Å². The zero-order valence-corrected chi connectivity index (χ0v) is 7.62. The molecule has 1 rings (SSSR count). The standard InChI is InChI=1S/C10H9FS/c1-2-7-12-8-9-5-3-4-6-10(9)11/h3-6H,8H2,1H3. The van der Waals surface area contributed by atoms with Crippen LogP contribution >= 0.6 is 11.8 Å². The molecule has 0 saturated heterocycles.